The summed E-state index contributed by atoms with van der Waals surface area (Å²) in [4.78, 5) is 23.5. The van der Waals surface area contributed by atoms with Crippen molar-refractivity contribution in [3.05, 3.63) is 0 Å². The van der Waals surface area contributed by atoms with Gasteiger partial charge >= 0.3 is 5.97 Å². The molecule has 1 aliphatic heterocycles. The summed E-state index contributed by atoms with van der Waals surface area (Å²) in [5, 5.41) is 11.1. The maximum Gasteiger partial charge on any atom is 0.306 e. The van der Waals surface area contributed by atoms with Crippen molar-refractivity contribution < 1.29 is 19.4 Å². The predicted molar refractivity (Wildman–Crippen MR) is 52.5 cm³/mol. The van der Waals surface area contributed by atoms with Gasteiger partial charge in [0.05, 0.1) is 25.7 Å². The minimum atomic E-state index is -0.873. The van der Waals surface area contributed by atoms with E-state index in [1.165, 1.54) is 0 Å². The van der Waals surface area contributed by atoms with Crippen LogP contribution >= 0.6 is 0 Å². The lowest BCUT2D eigenvalue weighted by Gasteiger charge is -2.31. The van der Waals surface area contributed by atoms with Gasteiger partial charge in [-0.25, -0.2) is 0 Å². The second kappa shape index (κ2) is 5.67. The fourth-order valence-electron chi connectivity index (χ4n) is 1.52. The highest BCUT2D eigenvalue weighted by Crippen LogP contribution is 2.08. The van der Waals surface area contributed by atoms with Crippen molar-refractivity contribution in [1.82, 2.24) is 10.2 Å². The standard InChI is InChI=1S/C9H16N2O4/c1-10-8(12)6-11-2-3-15-7(5-11)4-9(13)14/h7H,2-6H2,1H3,(H,10,12)(H,13,14). The number of amides is 1. The first-order valence-electron chi connectivity index (χ1n) is 4.88. The van der Waals surface area contributed by atoms with Crippen molar-refractivity contribution >= 4 is 11.9 Å². The normalized spacial score (nSPS) is 22.3. The molecule has 0 aromatic carbocycles. The number of carboxylic acids is 1. The number of aliphatic carboxylic acids is 1. The van der Waals surface area contributed by atoms with Crippen molar-refractivity contribution in [3.63, 3.8) is 0 Å². The van der Waals surface area contributed by atoms with Crippen LogP contribution in [0, 0.1) is 0 Å². The Balaban J connectivity index is 2.35. The minimum Gasteiger partial charge on any atom is -0.481 e. The van der Waals surface area contributed by atoms with Crippen LogP contribution in [-0.2, 0) is 14.3 Å². The third kappa shape index (κ3) is 4.26. The molecule has 2 N–H and O–H groups in total. The van der Waals surface area contributed by atoms with Gasteiger partial charge in [0.2, 0.25) is 5.91 Å². The van der Waals surface area contributed by atoms with Crippen molar-refractivity contribution in [3.8, 4) is 0 Å². The van der Waals surface area contributed by atoms with Gasteiger partial charge in [0.1, 0.15) is 0 Å². The number of nitrogens with one attached hydrogen (secondary N) is 1. The summed E-state index contributed by atoms with van der Waals surface area (Å²) in [6.07, 6.45) is -0.314. The zero-order valence-corrected chi connectivity index (χ0v) is 8.73. The quantitative estimate of drug-likeness (QED) is 0.624. The summed E-state index contributed by atoms with van der Waals surface area (Å²) in [6, 6.07) is 0. The average molecular weight is 216 g/mol. The molecule has 0 aromatic heterocycles. The van der Waals surface area contributed by atoms with Gasteiger partial charge in [-0.05, 0) is 0 Å². The molecule has 0 spiro atoms. The number of hydrogen-bond donors (Lipinski definition) is 2. The number of carbonyl (C=O) groups excluding carboxylic acids is 1. The van der Waals surface area contributed by atoms with Gasteiger partial charge in [-0.15, -0.1) is 0 Å². The Morgan fingerprint density at radius 3 is 2.93 bits per heavy atom. The van der Waals surface area contributed by atoms with Crippen molar-refractivity contribution in [1.29, 1.82) is 0 Å². The molecule has 1 aliphatic rings. The first-order valence-corrected chi connectivity index (χ1v) is 4.88. The summed E-state index contributed by atoms with van der Waals surface area (Å²) in [6.45, 7) is 1.95. The van der Waals surface area contributed by atoms with Gasteiger partial charge in [-0.3, -0.25) is 14.5 Å². The molecule has 6 nitrogen and oxygen atoms in total. The van der Waals surface area contributed by atoms with Crippen LogP contribution in [0.4, 0.5) is 0 Å². The third-order valence-corrected chi connectivity index (χ3v) is 2.27. The molecule has 1 saturated heterocycles. The van der Waals surface area contributed by atoms with Crippen LogP contribution in [0.25, 0.3) is 0 Å². The molecule has 0 aromatic rings. The zero-order valence-electron chi connectivity index (χ0n) is 8.73. The lowest BCUT2D eigenvalue weighted by Crippen LogP contribution is -2.47. The van der Waals surface area contributed by atoms with E-state index in [4.69, 9.17) is 9.84 Å². The highest BCUT2D eigenvalue weighted by Gasteiger charge is 2.23. The number of likely N-dealkylation sites (N-methyl/N-ethyl adjacent to an activating group) is 1. The van der Waals surface area contributed by atoms with E-state index in [-0.39, 0.29) is 18.4 Å². The second-order valence-electron chi connectivity index (χ2n) is 3.50. The lowest BCUT2D eigenvalue weighted by molar-refractivity contribution is -0.142. The van der Waals surface area contributed by atoms with Gasteiger partial charge < -0.3 is 15.2 Å². The van der Waals surface area contributed by atoms with Gasteiger partial charge in [0, 0.05) is 20.1 Å². The largest absolute Gasteiger partial charge is 0.481 e. The number of nitrogens with zero attached hydrogens (tertiary/aromatic N) is 1. The Kier molecular flexibility index (Phi) is 4.51. The Morgan fingerprint density at radius 2 is 2.33 bits per heavy atom. The third-order valence-electron chi connectivity index (χ3n) is 2.27. The fraction of sp³-hybridized carbons (Fsp3) is 0.778. The van der Waals surface area contributed by atoms with E-state index in [2.05, 4.69) is 5.32 Å². The van der Waals surface area contributed by atoms with E-state index in [0.29, 0.717) is 26.2 Å². The number of rotatable bonds is 4. The molecule has 1 fully saturated rings. The minimum absolute atomic E-state index is 0.00968. The maximum atomic E-state index is 11.1. The number of carboxylic acid groups (broad SMARTS) is 1. The number of ether oxygens (including phenoxy) is 1. The SMILES string of the molecule is CNC(=O)CN1CCOC(CC(=O)O)C1. The zero-order chi connectivity index (χ0) is 11.3. The molecule has 15 heavy (non-hydrogen) atoms. The summed E-state index contributed by atoms with van der Waals surface area (Å²) in [5.41, 5.74) is 0. The Morgan fingerprint density at radius 1 is 1.60 bits per heavy atom. The van der Waals surface area contributed by atoms with E-state index in [9.17, 15) is 9.59 Å². The summed E-state index contributed by atoms with van der Waals surface area (Å²) < 4.78 is 5.28. The van der Waals surface area contributed by atoms with Crippen LogP contribution in [0.3, 0.4) is 0 Å². The first-order chi connectivity index (χ1) is 7.11. The monoisotopic (exact) mass is 216 g/mol. The van der Waals surface area contributed by atoms with Gasteiger partial charge in [0.15, 0.2) is 0 Å². The molecule has 0 saturated carbocycles. The molecule has 1 atom stereocenters. The van der Waals surface area contributed by atoms with E-state index in [0.717, 1.165) is 0 Å². The van der Waals surface area contributed by atoms with E-state index >= 15 is 0 Å². The molecular weight excluding hydrogens is 200 g/mol. The van der Waals surface area contributed by atoms with Crippen LogP contribution in [0.1, 0.15) is 6.42 Å². The van der Waals surface area contributed by atoms with E-state index in [1.807, 2.05) is 4.90 Å². The van der Waals surface area contributed by atoms with Crippen molar-refractivity contribution in [2.45, 2.75) is 12.5 Å². The molecular formula is C9H16N2O4. The van der Waals surface area contributed by atoms with E-state index in [1.54, 1.807) is 7.05 Å². The second-order valence-corrected chi connectivity index (χ2v) is 3.50. The average Bonchev–Trinajstić information content (AvgIpc) is 2.17. The molecule has 0 bridgehead atoms. The summed E-state index contributed by atoms with van der Waals surface area (Å²) in [5.74, 6) is -0.937. The molecule has 1 heterocycles. The molecule has 6 heteroatoms. The molecule has 1 rings (SSSR count). The Bertz CT molecular complexity index is 244. The molecule has 1 amide bonds. The Labute approximate surface area is 88.2 Å². The Hall–Kier alpha value is -1.14. The van der Waals surface area contributed by atoms with Crippen molar-refractivity contribution in [2.24, 2.45) is 0 Å². The first kappa shape index (κ1) is 11.9. The van der Waals surface area contributed by atoms with Crippen LogP contribution in [0.15, 0.2) is 0 Å². The molecule has 86 valence electrons. The van der Waals surface area contributed by atoms with Crippen LogP contribution < -0.4 is 5.32 Å². The highest BCUT2D eigenvalue weighted by atomic mass is 16.5. The number of hydrogen-bond acceptors (Lipinski definition) is 4. The van der Waals surface area contributed by atoms with E-state index < -0.39 is 5.97 Å². The van der Waals surface area contributed by atoms with Gasteiger partial charge in [-0.1, -0.05) is 0 Å². The van der Waals surface area contributed by atoms with Crippen LogP contribution in [0.2, 0.25) is 0 Å². The lowest BCUT2D eigenvalue weighted by atomic mass is 10.2. The maximum absolute atomic E-state index is 11.1. The molecule has 0 radical (unpaired) electrons. The predicted octanol–water partition coefficient (Wildman–Crippen LogP) is -1.09. The molecule has 1 unspecified atom stereocenters. The molecule has 0 aliphatic carbocycles. The fourth-order valence-corrected chi connectivity index (χ4v) is 1.52. The van der Waals surface area contributed by atoms with Gasteiger partial charge in [-0.2, -0.15) is 0 Å². The van der Waals surface area contributed by atoms with Gasteiger partial charge in [0.25, 0.3) is 0 Å². The summed E-state index contributed by atoms with van der Waals surface area (Å²) in [7, 11) is 1.58. The highest BCUT2D eigenvalue weighted by molar-refractivity contribution is 5.77. The number of morpholine rings is 1. The smallest absolute Gasteiger partial charge is 0.306 e. The van der Waals surface area contributed by atoms with Crippen LogP contribution in [-0.4, -0.2) is 61.3 Å². The van der Waals surface area contributed by atoms with Crippen LogP contribution in [0.5, 0.6) is 0 Å². The topological polar surface area (TPSA) is 78.9 Å². The summed E-state index contributed by atoms with van der Waals surface area (Å²) >= 11 is 0. The number of carbonyl (C=O) groups is 2. The van der Waals surface area contributed by atoms with Crippen molar-refractivity contribution in [2.75, 3.05) is 33.3 Å².